The Balaban J connectivity index is 1.66. The van der Waals surface area contributed by atoms with Gasteiger partial charge >= 0.3 is 0 Å². The summed E-state index contributed by atoms with van der Waals surface area (Å²) < 4.78 is 17.8. The van der Waals surface area contributed by atoms with Crippen molar-refractivity contribution < 1.29 is 14.2 Å². The third kappa shape index (κ3) is 1.05. The molecule has 0 bridgehead atoms. The zero-order chi connectivity index (χ0) is 10.9. The molecule has 4 fully saturated rings. The average Bonchev–Trinajstić information content (AvgIpc) is 2.79. The van der Waals surface area contributed by atoms with Crippen LogP contribution in [0.2, 0.25) is 0 Å². The Bertz CT molecular complexity index is 323. The van der Waals surface area contributed by atoms with Crippen LogP contribution in [0.4, 0.5) is 0 Å². The van der Waals surface area contributed by atoms with E-state index in [1.807, 2.05) is 0 Å². The Kier molecular flexibility index (Phi) is 1.74. The lowest BCUT2D eigenvalue weighted by molar-refractivity contribution is -0.211. The van der Waals surface area contributed by atoms with E-state index in [1.54, 1.807) is 0 Å². The highest BCUT2D eigenvalue weighted by molar-refractivity contribution is 5.19. The predicted octanol–water partition coefficient (Wildman–Crippen LogP) is 2.24. The first kappa shape index (κ1) is 9.86. The molecule has 0 aromatic heterocycles. The van der Waals surface area contributed by atoms with Crippen LogP contribution < -0.4 is 0 Å². The molecule has 0 aromatic carbocycles. The van der Waals surface area contributed by atoms with Crippen molar-refractivity contribution in [3.8, 4) is 0 Å². The second-order valence-electron chi connectivity index (χ2n) is 6.23. The maximum atomic E-state index is 6.10. The molecule has 0 radical (unpaired) electrons. The molecular weight excluding hydrogens is 204 g/mol. The van der Waals surface area contributed by atoms with Gasteiger partial charge in [0, 0.05) is 12.8 Å². The molecular formula is C13H20O3. The fourth-order valence-electron chi connectivity index (χ4n) is 4.34. The Labute approximate surface area is 96.4 Å². The fourth-order valence-corrected chi connectivity index (χ4v) is 4.34. The van der Waals surface area contributed by atoms with E-state index >= 15 is 0 Å². The minimum Gasteiger partial charge on any atom is -0.365 e. The molecule has 2 saturated carbocycles. The lowest BCUT2D eigenvalue weighted by Gasteiger charge is -2.48. The molecule has 4 aliphatic rings. The molecule has 0 unspecified atom stereocenters. The van der Waals surface area contributed by atoms with E-state index < -0.39 is 0 Å². The molecule has 90 valence electrons. The monoisotopic (exact) mass is 224 g/mol. The van der Waals surface area contributed by atoms with Gasteiger partial charge in [0.2, 0.25) is 0 Å². The van der Waals surface area contributed by atoms with Gasteiger partial charge in [-0.25, -0.2) is 0 Å². The van der Waals surface area contributed by atoms with E-state index in [0.717, 1.165) is 26.1 Å². The summed E-state index contributed by atoms with van der Waals surface area (Å²) in [6.45, 7) is 3.93. The summed E-state index contributed by atoms with van der Waals surface area (Å²) in [5.41, 5.74) is 0.490. The van der Waals surface area contributed by atoms with Gasteiger partial charge < -0.3 is 14.2 Å². The van der Waals surface area contributed by atoms with Gasteiger partial charge in [0.25, 0.3) is 0 Å². The molecule has 0 aromatic rings. The summed E-state index contributed by atoms with van der Waals surface area (Å²) in [6, 6.07) is 0. The summed E-state index contributed by atoms with van der Waals surface area (Å²) in [5, 5.41) is 0. The van der Waals surface area contributed by atoms with Crippen molar-refractivity contribution in [2.24, 2.45) is 5.41 Å². The summed E-state index contributed by atoms with van der Waals surface area (Å²) in [7, 11) is 0. The van der Waals surface area contributed by atoms with E-state index in [-0.39, 0.29) is 11.4 Å². The Morgan fingerprint density at radius 2 is 1.88 bits per heavy atom. The van der Waals surface area contributed by atoms with Gasteiger partial charge in [0.05, 0.1) is 19.3 Å². The van der Waals surface area contributed by atoms with Crippen molar-refractivity contribution >= 4 is 0 Å². The average molecular weight is 224 g/mol. The van der Waals surface area contributed by atoms with Gasteiger partial charge in [-0.3, -0.25) is 0 Å². The van der Waals surface area contributed by atoms with Gasteiger partial charge in [0.15, 0.2) is 5.79 Å². The third-order valence-electron chi connectivity index (χ3n) is 5.44. The van der Waals surface area contributed by atoms with Crippen LogP contribution in [0.15, 0.2) is 0 Å². The predicted molar refractivity (Wildman–Crippen MR) is 58.0 cm³/mol. The Morgan fingerprint density at radius 1 is 1.06 bits per heavy atom. The standard InChI is InChI=1S/C13H20O3/c1-11-4-2-3-10-13(11,16-10)9-12(6-5-11)14-7-8-15-12/h10H,2-9H2,1H3/t10-,11+,13-/m0/s1. The van der Waals surface area contributed by atoms with Gasteiger partial charge in [-0.05, 0) is 24.7 Å². The van der Waals surface area contributed by atoms with Crippen LogP contribution in [0.3, 0.4) is 0 Å². The molecule has 2 heterocycles. The maximum absolute atomic E-state index is 6.10. The van der Waals surface area contributed by atoms with Crippen molar-refractivity contribution in [3.05, 3.63) is 0 Å². The highest BCUT2D eigenvalue weighted by Crippen LogP contribution is 2.67. The summed E-state index contributed by atoms with van der Waals surface area (Å²) in [5.74, 6) is -0.286. The number of hydrogen-bond donors (Lipinski definition) is 0. The lowest BCUT2D eigenvalue weighted by Crippen LogP contribution is -2.52. The number of rotatable bonds is 0. The van der Waals surface area contributed by atoms with E-state index in [1.165, 1.54) is 25.7 Å². The molecule has 16 heavy (non-hydrogen) atoms. The highest BCUT2D eigenvalue weighted by atomic mass is 16.7. The van der Waals surface area contributed by atoms with Gasteiger partial charge in [0.1, 0.15) is 5.60 Å². The molecule has 4 rings (SSSR count). The molecule has 0 N–H and O–H groups in total. The summed E-state index contributed by atoms with van der Waals surface area (Å²) >= 11 is 0. The quantitative estimate of drug-likeness (QED) is 0.591. The molecule has 2 aliphatic heterocycles. The highest BCUT2D eigenvalue weighted by Gasteiger charge is 2.72. The smallest absolute Gasteiger partial charge is 0.171 e. The molecule has 0 amide bonds. The zero-order valence-electron chi connectivity index (χ0n) is 9.96. The van der Waals surface area contributed by atoms with Crippen molar-refractivity contribution in [2.75, 3.05) is 13.2 Å². The Morgan fingerprint density at radius 3 is 2.69 bits per heavy atom. The van der Waals surface area contributed by atoms with Crippen LogP contribution in [0, 0.1) is 5.41 Å². The second-order valence-corrected chi connectivity index (χ2v) is 6.23. The number of hydrogen-bond acceptors (Lipinski definition) is 3. The van der Waals surface area contributed by atoms with E-state index in [0.29, 0.717) is 11.5 Å². The zero-order valence-corrected chi connectivity index (χ0v) is 9.96. The SMILES string of the molecule is C[C@]12CCC[C@@H]3O[C@@]31CC1(CC2)OCCO1. The van der Waals surface area contributed by atoms with Crippen molar-refractivity contribution in [3.63, 3.8) is 0 Å². The Hall–Kier alpha value is -0.120. The number of ether oxygens (including phenoxy) is 3. The van der Waals surface area contributed by atoms with Crippen molar-refractivity contribution in [1.82, 2.24) is 0 Å². The van der Waals surface area contributed by atoms with Crippen molar-refractivity contribution in [2.45, 2.75) is 62.9 Å². The fraction of sp³-hybridized carbons (Fsp3) is 1.00. The van der Waals surface area contributed by atoms with Crippen LogP contribution >= 0.6 is 0 Å². The molecule has 2 saturated heterocycles. The summed E-state index contributed by atoms with van der Waals surface area (Å²) in [6.07, 6.45) is 7.62. The molecule has 3 atom stereocenters. The van der Waals surface area contributed by atoms with Gasteiger partial charge in [-0.15, -0.1) is 0 Å². The van der Waals surface area contributed by atoms with Crippen LogP contribution in [-0.2, 0) is 14.2 Å². The van der Waals surface area contributed by atoms with Gasteiger partial charge in [-0.1, -0.05) is 13.3 Å². The first-order valence-corrected chi connectivity index (χ1v) is 6.64. The molecule has 3 nitrogen and oxygen atoms in total. The maximum Gasteiger partial charge on any atom is 0.171 e. The van der Waals surface area contributed by atoms with E-state index in [9.17, 15) is 0 Å². The van der Waals surface area contributed by atoms with Crippen molar-refractivity contribution in [1.29, 1.82) is 0 Å². The number of epoxide rings is 1. The lowest BCUT2D eigenvalue weighted by atomic mass is 9.59. The molecule has 2 spiro atoms. The van der Waals surface area contributed by atoms with Gasteiger partial charge in [-0.2, -0.15) is 0 Å². The van der Waals surface area contributed by atoms with Crippen LogP contribution in [0.25, 0.3) is 0 Å². The largest absolute Gasteiger partial charge is 0.365 e. The first-order chi connectivity index (χ1) is 7.68. The second kappa shape index (κ2) is 2.82. The molecule has 3 heteroatoms. The topological polar surface area (TPSA) is 31.0 Å². The van der Waals surface area contributed by atoms with Crippen LogP contribution in [0.1, 0.15) is 45.4 Å². The minimum absolute atomic E-state index is 0.105. The van der Waals surface area contributed by atoms with Crippen LogP contribution in [0.5, 0.6) is 0 Å². The third-order valence-corrected chi connectivity index (χ3v) is 5.44. The molecule has 2 aliphatic carbocycles. The van der Waals surface area contributed by atoms with Crippen LogP contribution in [-0.4, -0.2) is 30.7 Å². The summed E-state index contributed by atoms with van der Waals surface area (Å²) in [4.78, 5) is 0. The normalized spacial score (nSPS) is 53.4. The minimum atomic E-state index is -0.286. The van der Waals surface area contributed by atoms with E-state index in [4.69, 9.17) is 14.2 Å². The first-order valence-electron chi connectivity index (χ1n) is 6.64. The van der Waals surface area contributed by atoms with E-state index in [2.05, 4.69) is 6.92 Å².